The lowest BCUT2D eigenvalue weighted by Gasteiger charge is -2.15. The molecule has 0 aliphatic carbocycles. The van der Waals surface area contributed by atoms with Gasteiger partial charge in [0.1, 0.15) is 5.15 Å². The zero-order chi connectivity index (χ0) is 14.6. The van der Waals surface area contributed by atoms with E-state index < -0.39 is 10.0 Å². The highest BCUT2D eigenvalue weighted by molar-refractivity contribution is 7.89. The molecule has 108 valence electrons. The lowest BCUT2D eigenvalue weighted by Crippen LogP contribution is -2.29. The second kappa shape index (κ2) is 6.36. The van der Waals surface area contributed by atoms with Crippen molar-refractivity contribution in [3.05, 3.63) is 11.5 Å². The maximum absolute atomic E-state index is 12.2. The second-order valence-corrected chi connectivity index (χ2v) is 6.28. The van der Waals surface area contributed by atoms with Crippen LogP contribution in [0.25, 0.3) is 0 Å². The number of nitrogens with zero attached hydrogens (tertiary/aromatic N) is 3. The number of carbonyl (C=O) groups is 1. The monoisotopic (exact) mass is 309 g/mol. The first-order valence-corrected chi connectivity index (χ1v) is 7.32. The highest BCUT2D eigenvalue weighted by Gasteiger charge is 2.26. The Balaban J connectivity index is 2.73. The topological polar surface area (TPSA) is 81.5 Å². The van der Waals surface area contributed by atoms with Crippen molar-refractivity contribution in [1.82, 2.24) is 13.9 Å². The molecular formula is C10H16ClN3O4S. The molecule has 1 aromatic rings. The van der Waals surface area contributed by atoms with Gasteiger partial charge in [0.15, 0.2) is 0 Å². The number of sulfonamides is 1. The molecule has 0 bridgehead atoms. The Morgan fingerprint density at radius 3 is 2.68 bits per heavy atom. The van der Waals surface area contributed by atoms with Crippen molar-refractivity contribution in [3.63, 3.8) is 0 Å². The number of imidazole rings is 1. The van der Waals surface area contributed by atoms with E-state index in [1.54, 1.807) is 7.05 Å². The van der Waals surface area contributed by atoms with Crippen LogP contribution < -0.4 is 0 Å². The third kappa shape index (κ3) is 3.68. The van der Waals surface area contributed by atoms with Gasteiger partial charge in [0, 0.05) is 27.1 Å². The Kier molecular flexibility index (Phi) is 5.33. The van der Waals surface area contributed by atoms with E-state index in [0.29, 0.717) is 6.42 Å². The van der Waals surface area contributed by atoms with Gasteiger partial charge in [-0.1, -0.05) is 11.6 Å². The van der Waals surface area contributed by atoms with E-state index in [0.717, 1.165) is 4.31 Å². The van der Waals surface area contributed by atoms with E-state index in [1.807, 2.05) is 0 Å². The third-order valence-corrected chi connectivity index (χ3v) is 4.92. The van der Waals surface area contributed by atoms with Gasteiger partial charge in [-0.2, -0.15) is 4.31 Å². The lowest BCUT2D eigenvalue weighted by atomic mass is 10.3. The SMILES string of the molecule is COC(=O)CCCN(C)S(=O)(=O)c1ncn(C)c1Cl. The minimum Gasteiger partial charge on any atom is -0.469 e. The summed E-state index contributed by atoms with van der Waals surface area (Å²) in [5.41, 5.74) is 0. The third-order valence-electron chi connectivity index (χ3n) is 2.57. The van der Waals surface area contributed by atoms with E-state index in [4.69, 9.17) is 11.6 Å². The summed E-state index contributed by atoms with van der Waals surface area (Å²) in [6.45, 7) is 0.185. The number of esters is 1. The number of halogens is 1. The fraction of sp³-hybridized carbons (Fsp3) is 0.600. The summed E-state index contributed by atoms with van der Waals surface area (Å²) in [6, 6.07) is 0. The summed E-state index contributed by atoms with van der Waals surface area (Å²) in [5.74, 6) is -0.373. The number of carbonyl (C=O) groups excluding carboxylic acids is 1. The van der Waals surface area contributed by atoms with E-state index in [-0.39, 0.29) is 29.1 Å². The molecule has 0 saturated carbocycles. The van der Waals surface area contributed by atoms with Gasteiger partial charge in [-0.25, -0.2) is 13.4 Å². The minimum atomic E-state index is -3.74. The van der Waals surface area contributed by atoms with Crippen LogP contribution in [0.3, 0.4) is 0 Å². The molecule has 0 radical (unpaired) electrons. The lowest BCUT2D eigenvalue weighted by molar-refractivity contribution is -0.140. The van der Waals surface area contributed by atoms with Gasteiger partial charge >= 0.3 is 5.97 Å². The van der Waals surface area contributed by atoms with E-state index in [1.165, 1.54) is 25.1 Å². The molecule has 1 rings (SSSR count). The van der Waals surface area contributed by atoms with Gasteiger partial charge in [0.25, 0.3) is 10.0 Å². The zero-order valence-electron chi connectivity index (χ0n) is 11.0. The van der Waals surface area contributed by atoms with E-state index in [2.05, 4.69) is 9.72 Å². The molecule has 0 aromatic carbocycles. The van der Waals surface area contributed by atoms with Crippen molar-refractivity contribution in [3.8, 4) is 0 Å². The predicted octanol–water partition coefficient (Wildman–Crippen LogP) is 0.647. The van der Waals surface area contributed by atoms with Crippen molar-refractivity contribution >= 4 is 27.6 Å². The summed E-state index contributed by atoms with van der Waals surface area (Å²) >= 11 is 5.86. The summed E-state index contributed by atoms with van der Waals surface area (Å²) in [6.07, 6.45) is 1.86. The average molecular weight is 310 g/mol. The Morgan fingerprint density at radius 1 is 1.58 bits per heavy atom. The van der Waals surface area contributed by atoms with Crippen LogP contribution >= 0.6 is 11.6 Å². The fourth-order valence-electron chi connectivity index (χ4n) is 1.38. The number of ether oxygens (including phenoxy) is 1. The van der Waals surface area contributed by atoms with Crippen LogP contribution in [0.2, 0.25) is 5.15 Å². The minimum absolute atomic E-state index is 0.0554. The maximum atomic E-state index is 12.2. The van der Waals surface area contributed by atoms with Crippen LogP contribution in [-0.4, -0.2) is 48.9 Å². The van der Waals surface area contributed by atoms with Crippen molar-refractivity contribution in [2.75, 3.05) is 20.7 Å². The van der Waals surface area contributed by atoms with Gasteiger partial charge < -0.3 is 9.30 Å². The number of hydrogen-bond donors (Lipinski definition) is 0. The molecule has 0 amide bonds. The summed E-state index contributed by atoms with van der Waals surface area (Å²) < 4.78 is 31.3. The zero-order valence-corrected chi connectivity index (χ0v) is 12.5. The fourth-order valence-corrected chi connectivity index (χ4v) is 2.97. The molecule has 9 heteroatoms. The Hall–Kier alpha value is -1.12. The first-order chi connectivity index (χ1) is 8.80. The number of aromatic nitrogens is 2. The maximum Gasteiger partial charge on any atom is 0.305 e. The van der Waals surface area contributed by atoms with E-state index >= 15 is 0 Å². The Labute approximate surface area is 117 Å². The average Bonchev–Trinajstić information content (AvgIpc) is 2.70. The Morgan fingerprint density at radius 2 is 2.21 bits per heavy atom. The van der Waals surface area contributed by atoms with Crippen molar-refractivity contribution in [1.29, 1.82) is 0 Å². The highest BCUT2D eigenvalue weighted by atomic mass is 35.5. The number of rotatable bonds is 6. The van der Waals surface area contributed by atoms with Crippen molar-refractivity contribution < 1.29 is 17.9 Å². The number of hydrogen-bond acceptors (Lipinski definition) is 5. The standard InChI is InChI=1S/C10H16ClN3O4S/c1-13-7-12-10(9(13)11)19(16,17)14(2)6-4-5-8(15)18-3/h7H,4-6H2,1-3H3. The summed E-state index contributed by atoms with van der Waals surface area (Å²) in [5, 5.41) is -0.128. The molecule has 7 nitrogen and oxygen atoms in total. The molecule has 0 N–H and O–H groups in total. The van der Waals surface area contributed by atoms with Gasteiger partial charge in [-0.15, -0.1) is 0 Å². The first-order valence-electron chi connectivity index (χ1n) is 5.50. The molecule has 0 aliphatic heterocycles. The first kappa shape index (κ1) is 15.9. The largest absolute Gasteiger partial charge is 0.469 e. The van der Waals surface area contributed by atoms with Crippen molar-refractivity contribution in [2.24, 2.45) is 7.05 Å². The molecule has 19 heavy (non-hydrogen) atoms. The van der Waals surface area contributed by atoms with Crippen LogP contribution in [0.5, 0.6) is 0 Å². The Bertz CT molecular complexity index is 555. The second-order valence-electron chi connectivity index (χ2n) is 3.96. The van der Waals surface area contributed by atoms with Crippen molar-refractivity contribution in [2.45, 2.75) is 17.9 Å². The van der Waals surface area contributed by atoms with Crippen LogP contribution in [0, 0.1) is 0 Å². The molecule has 0 fully saturated rings. The molecule has 0 aliphatic rings. The molecule has 1 heterocycles. The molecule has 0 spiro atoms. The highest BCUT2D eigenvalue weighted by Crippen LogP contribution is 2.21. The molecular weight excluding hydrogens is 294 g/mol. The molecule has 0 saturated heterocycles. The van der Waals surface area contributed by atoms with Gasteiger partial charge in [0.05, 0.1) is 13.4 Å². The van der Waals surface area contributed by atoms with Gasteiger partial charge in [0.2, 0.25) is 5.03 Å². The predicted molar refractivity (Wildman–Crippen MR) is 69.3 cm³/mol. The van der Waals surface area contributed by atoms with Crippen LogP contribution in [0.4, 0.5) is 0 Å². The van der Waals surface area contributed by atoms with E-state index in [9.17, 15) is 13.2 Å². The van der Waals surface area contributed by atoms with Crippen LogP contribution in [0.1, 0.15) is 12.8 Å². The van der Waals surface area contributed by atoms with Crippen LogP contribution in [0.15, 0.2) is 11.4 Å². The molecule has 1 aromatic heterocycles. The van der Waals surface area contributed by atoms with Gasteiger partial charge in [-0.3, -0.25) is 4.79 Å². The smallest absolute Gasteiger partial charge is 0.305 e. The number of methoxy groups -OCH3 is 1. The van der Waals surface area contributed by atoms with Crippen LogP contribution in [-0.2, 0) is 26.6 Å². The quantitative estimate of drug-likeness (QED) is 0.721. The molecule has 0 unspecified atom stereocenters. The summed E-state index contributed by atoms with van der Waals surface area (Å²) in [7, 11) is 0.569. The molecule has 0 atom stereocenters. The normalized spacial score (nSPS) is 11.8. The number of aryl methyl sites for hydroxylation is 1. The van der Waals surface area contributed by atoms with Gasteiger partial charge in [-0.05, 0) is 6.42 Å². The summed E-state index contributed by atoms with van der Waals surface area (Å²) in [4.78, 5) is 14.7.